The van der Waals surface area contributed by atoms with Crippen molar-refractivity contribution in [1.82, 2.24) is 5.32 Å². The maximum Gasteiger partial charge on any atom is 0.253 e. The van der Waals surface area contributed by atoms with Crippen LogP contribution in [0.1, 0.15) is 10.4 Å². The average Bonchev–Trinajstić information content (AvgIpc) is 2.36. The van der Waals surface area contributed by atoms with Crippen molar-refractivity contribution >= 4 is 32.4 Å². The number of fused-ring (bicyclic) bond motifs is 1. The fourth-order valence-corrected chi connectivity index (χ4v) is 2.24. The van der Waals surface area contributed by atoms with Crippen molar-refractivity contribution in [1.29, 1.82) is 0 Å². The largest absolute Gasteiger partial charge is 0.398 e. The lowest BCUT2D eigenvalue weighted by molar-refractivity contribution is 0.0957. The van der Waals surface area contributed by atoms with Gasteiger partial charge in [-0.3, -0.25) is 4.79 Å². The number of anilines is 1. The summed E-state index contributed by atoms with van der Waals surface area (Å²) < 4.78 is 21.6. The number of sulfonamides is 1. The van der Waals surface area contributed by atoms with Gasteiger partial charge in [0.05, 0.1) is 11.3 Å². The second-order valence-electron chi connectivity index (χ2n) is 4.41. The van der Waals surface area contributed by atoms with E-state index in [2.05, 4.69) is 5.32 Å². The van der Waals surface area contributed by atoms with Gasteiger partial charge >= 0.3 is 0 Å². The van der Waals surface area contributed by atoms with Crippen LogP contribution in [0.15, 0.2) is 36.4 Å². The second kappa shape index (κ2) is 5.48. The van der Waals surface area contributed by atoms with E-state index in [1.54, 1.807) is 12.1 Å². The molecule has 0 spiro atoms. The predicted molar refractivity (Wildman–Crippen MR) is 78.7 cm³/mol. The number of rotatable bonds is 4. The molecule has 5 N–H and O–H groups in total. The highest BCUT2D eigenvalue weighted by Gasteiger charge is 2.11. The van der Waals surface area contributed by atoms with Crippen molar-refractivity contribution in [2.75, 3.05) is 18.0 Å². The smallest absolute Gasteiger partial charge is 0.253 e. The van der Waals surface area contributed by atoms with Gasteiger partial charge in [-0.1, -0.05) is 24.3 Å². The number of benzene rings is 2. The van der Waals surface area contributed by atoms with Gasteiger partial charge in [-0.2, -0.15) is 0 Å². The molecule has 20 heavy (non-hydrogen) atoms. The topological polar surface area (TPSA) is 115 Å². The molecule has 0 aliphatic rings. The molecule has 6 nitrogen and oxygen atoms in total. The first-order chi connectivity index (χ1) is 9.37. The molecule has 0 unspecified atom stereocenters. The number of nitrogen functional groups attached to an aromatic ring is 1. The molecular weight excluding hydrogens is 278 g/mol. The van der Waals surface area contributed by atoms with E-state index in [0.717, 1.165) is 10.8 Å². The Hall–Kier alpha value is -2.12. The third kappa shape index (κ3) is 3.46. The number of nitrogens with two attached hydrogens (primary N) is 2. The highest BCUT2D eigenvalue weighted by atomic mass is 32.2. The SMILES string of the molecule is Nc1cc2ccccc2cc1C(=O)NCCS(N)(=O)=O. The molecule has 0 saturated heterocycles. The minimum absolute atomic E-state index is 0.0517. The van der Waals surface area contributed by atoms with Crippen molar-refractivity contribution < 1.29 is 13.2 Å². The Morgan fingerprint density at radius 1 is 1.15 bits per heavy atom. The first-order valence-corrected chi connectivity index (χ1v) is 7.65. The zero-order valence-corrected chi connectivity index (χ0v) is 11.5. The first kappa shape index (κ1) is 14.3. The number of carbonyl (C=O) groups excluding carboxylic acids is 1. The van der Waals surface area contributed by atoms with Gasteiger partial charge in [0.2, 0.25) is 10.0 Å². The van der Waals surface area contributed by atoms with Crippen LogP contribution >= 0.6 is 0 Å². The monoisotopic (exact) mass is 293 g/mol. The molecule has 0 aromatic heterocycles. The van der Waals surface area contributed by atoms with Gasteiger partial charge in [0.25, 0.3) is 5.91 Å². The van der Waals surface area contributed by atoms with E-state index in [9.17, 15) is 13.2 Å². The van der Waals surface area contributed by atoms with Crippen LogP contribution in [0.4, 0.5) is 5.69 Å². The maximum atomic E-state index is 12.0. The van der Waals surface area contributed by atoms with E-state index in [1.165, 1.54) is 0 Å². The number of hydrogen-bond acceptors (Lipinski definition) is 4. The molecule has 0 radical (unpaired) electrons. The van der Waals surface area contributed by atoms with Crippen LogP contribution in [0.2, 0.25) is 0 Å². The lowest BCUT2D eigenvalue weighted by atomic mass is 10.0. The zero-order chi connectivity index (χ0) is 14.8. The Morgan fingerprint density at radius 2 is 1.75 bits per heavy atom. The summed E-state index contributed by atoms with van der Waals surface area (Å²) in [5, 5.41) is 9.17. The van der Waals surface area contributed by atoms with E-state index in [4.69, 9.17) is 10.9 Å². The van der Waals surface area contributed by atoms with Crippen LogP contribution in [0.3, 0.4) is 0 Å². The predicted octanol–water partition coefficient (Wildman–Crippen LogP) is 0.440. The van der Waals surface area contributed by atoms with Crippen molar-refractivity contribution in [3.8, 4) is 0 Å². The van der Waals surface area contributed by atoms with E-state index in [0.29, 0.717) is 11.3 Å². The minimum Gasteiger partial charge on any atom is -0.398 e. The van der Waals surface area contributed by atoms with Crippen LogP contribution < -0.4 is 16.2 Å². The highest BCUT2D eigenvalue weighted by molar-refractivity contribution is 7.89. The van der Waals surface area contributed by atoms with Gasteiger partial charge in [-0.25, -0.2) is 13.6 Å². The molecule has 1 amide bonds. The quantitative estimate of drug-likeness (QED) is 0.709. The Balaban J connectivity index is 2.19. The molecule has 0 fully saturated rings. The molecule has 2 rings (SSSR count). The molecule has 2 aromatic rings. The average molecular weight is 293 g/mol. The molecule has 0 saturated carbocycles. The maximum absolute atomic E-state index is 12.0. The minimum atomic E-state index is -3.59. The molecule has 106 valence electrons. The van der Waals surface area contributed by atoms with Gasteiger partial charge in [-0.05, 0) is 22.9 Å². The van der Waals surface area contributed by atoms with E-state index in [-0.39, 0.29) is 12.3 Å². The van der Waals surface area contributed by atoms with E-state index >= 15 is 0 Å². The molecular formula is C13H15N3O3S. The standard InChI is InChI=1S/C13H15N3O3S/c14-12-8-10-4-2-1-3-9(10)7-11(12)13(17)16-5-6-20(15,18)19/h1-4,7-8H,5-6,14H2,(H,16,17)(H2,15,18,19). The van der Waals surface area contributed by atoms with Crippen molar-refractivity contribution in [2.45, 2.75) is 0 Å². The summed E-state index contributed by atoms with van der Waals surface area (Å²) in [6, 6.07) is 10.9. The summed E-state index contributed by atoms with van der Waals surface area (Å²) in [6.45, 7) is -0.0517. The Bertz CT molecular complexity index is 757. The number of primary sulfonamides is 1. The molecule has 0 bridgehead atoms. The van der Waals surface area contributed by atoms with Crippen molar-refractivity contribution in [3.63, 3.8) is 0 Å². The van der Waals surface area contributed by atoms with Gasteiger partial charge in [0.1, 0.15) is 0 Å². The van der Waals surface area contributed by atoms with Crippen LogP contribution in [0.25, 0.3) is 10.8 Å². The number of amides is 1. The summed E-state index contributed by atoms with van der Waals surface area (Å²) in [5.74, 6) is -0.733. The Labute approximate surface area is 116 Å². The third-order valence-corrected chi connectivity index (χ3v) is 3.61. The molecule has 0 atom stereocenters. The van der Waals surface area contributed by atoms with Crippen molar-refractivity contribution in [3.05, 3.63) is 42.0 Å². The van der Waals surface area contributed by atoms with E-state index in [1.807, 2.05) is 24.3 Å². The fourth-order valence-electron chi connectivity index (χ4n) is 1.86. The third-order valence-electron chi connectivity index (χ3n) is 2.83. The Morgan fingerprint density at radius 3 is 2.35 bits per heavy atom. The number of nitrogens with one attached hydrogen (secondary N) is 1. The summed E-state index contributed by atoms with van der Waals surface area (Å²) in [4.78, 5) is 12.0. The van der Waals surface area contributed by atoms with Gasteiger partial charge < -0.3 is 11.1 Å². The molecule has 0 aliphatic heterocycles. The summed E-state index contributed by atoms with van der Waals surface area (Å²) in [5.41, 5.74) is 6.50. The number of carbonyl (C=O) groups is 1. The summed E-state index contributed by atoms with van der Waals surface area (Å²) >= 11 is 0. The van der Waals surface area contributed by atoms with Crippen LogP contribution in [0.5, 0.6) is 0 Å². The molecule has 0 aliphatic carbocycles. The summed E-state index contributed by atoms with van der Waals surface area (Å²) in [7, 11) is -3.59. The normalized spacial score (nSPS) is 11.4. The van der Waals surface area contributed by atoms with Crippen LogP contribution in [0, 0.1) is 0 Å². The summed E-state index contributed by atoms with van der Waals surface area (Å²) in [6.07, 6.45) is 0. The first-order valence-electron chi connectivity index (χ1n) is 5.94. The van der Waals surface area contributed by atoms with Gasteiger partial charge in [0.15, 0.2) is 0 Å². The molecule has 2 aromatic carbocycles. The second-order valence-corrected chi connectivity index (χ2v) is 6.14. The van der Waals surface area contributed by atoms with E-state index < -0.39 is 15.9 Å². The van der Waals surface area contributed by atoms with Gasteiger partial charge in [0, 0.05) is 12.2 Å². The van der Waals surface area contributed by atoms with Crippen LogP contribution in [-0.2, 0) is 10.0 Å². The fraction of sp³-hybridized carbons (Fsp3) is 0.154. The highest BCUT2D eigenvalue weighted by Crippen LogP contribution is 2.21. The van der Waals surface area contributed by atoms with Gasteiger partial charge in [-0.15, -0.1) is 0 Å². The lowest BCUT2D eigenvalue weighted by Crippen LogP contribution is -2.31. The molecule has 7 heteroatoms. The Kier molecular flexibility index (Phi) is 3.91. The number of hydrogen-bond donors (Lipinski definition) is 3. The van der Waals surface area contributed by atoms with Crippen molar-refractivity contribution in [2.24, 2.45) is 5.14 Å². The zero-order valence-electron chi connectivity index (χ0n) is 10.7. The van der Waals surface area contributed by atoms with Crippen LogP contribution in [-0.4, -0.2) is 26.6 Å². The molecule has 0 heterocycles. The lowest BCUT2D eigenvalue weighted by Gasteiger charge is -2.08.